The maximum absolute atomic E-state index is 12.1. The summed E-state index contributed by atoms with van der Waals surface area (Å²) < 4.78 is 29.7. The Morgan fingerprint density at radius 1 is 1.31 bits per heavy atom. The standard InChI is InChI=1S/C15H15N5O4S2/c1-20-14(12-6-3-7-24-12)18-19-15(20)25-9-13(21)17-10-4-2-5-11(8-10)26(16,22)23/h2-8H,9H2,1H3,(H,17,21)(H2,16,22,23). The molecule has 0 aliphatic rings. The smallest absolute Gasteiger partial charge is 0.238 e. The van der Waals surface area contributed by atoms with Gasteiger partial charge in [-0.25, -0.2) is 13.6 Å². The minimum Gasteiger partial charge on any atom is -0.461 e. The Labute approximate surface area is 153 Å². The molecule has 0 aliphatic carbocycles. The van der Waals surface area contributed by atoms with E-state index >= 15 is 0 Å². The number of nitrogens with two attached hydrogens (primary N) is 1. The Morgan fingerprint density at radius 2 is 2.12 bits per heavy atom. The molecule has 136 valence electrons. The fourth-order valence-electron chi connectivity index (χ4n) is 2.14. The van der Waals surface area contributed by atoms with E-state index < -0.39 is 10.0 Å². The highest BCUT2D eigenvalue weighted by molar-refractivity contribution is 7.99. The summed E-state index contributed by atoms with van der Waals surface area (Å²) in [5.74, 6) is 0.892. The second kappa shape index (κ2) is 7.32. The van der Waals surface area contributed by atoms with Crippen molar-refractivity contribution in [1.82, 2.24) is 14.8 Å². The van der Waals surface area contributed by atoms with Crippen LogP contribution < -0.4 is 10.5 Å². The van der Waals surface area contributed by atoms with Crippen LogP contribution in [0.3, 0.4) is 0 Å². The number of nitrogens with one attached hydrogen (secondary N) is 1. The molecule has 0 unspecified atom stereocenters. The van der Waals surface area contributed by atoms with Gasteiger partial charge in [-0.2, -0.15) is 0 Å². The number of carbonyl (C=O) groups excluding carboxylic acids is 1. The number of amides is 1. The van der Waals surface area contributed by atoms with Crippen LogP contribution in [0.4, 0.5) is 5.69 Å². The number of aromatic nitrogens is 3. The van der Waals surface area contributed by atoms with Crippen molar-refractivity contribution in [2.24, 2.45) is 12.2 Å². The normalized spacial score (nSPS) is 11.5. The first-order chi connectivity index (χ1) is 12.3. The number of sulfonamides is 1. The number of hydrogen-bond donors (Lipinski definition) is 2. The number of thioether (sulfide) groups is 1. The molecule has 0 bridgehead atoms. The van der Waals surface area contributed by atoms with E-state index in [-0.39, 0.29) is 16.6 Å². The van der Waals surface area contributed by atoms with Crippen molar-refractivity contribution in [3.05, 3.63) is 42.7 Å². The third-order valence-corrected chi connectivity index (χ3v) is 5.29. The Bertz CT molecular complexity index is 1030. The van der Waals surface area contributed by atoms with Crippen molar-refractivity contribution in [1.29, 1.82) is 0 Å². The molecule has 9 nitrogen and oxygen atoms in total. The third kappa shape index (κ3) is 4.12. The van der Waals surface area contributed by atoms with Gasteiger partial charge in [0, 0.05) is 12.7 Å². The van der Waals surface area contributed by atoms with Gasteiger partial charge in [0.15, 0.2) is 16.7 Å². The maximum Gasteiger partial charge on any atom is 0.238 e. The molecule has 2 aromatic heterocycles. The highest BCUT2D eigenvalue weighted by Gasteiger charge is 2.15. The molecule has 0 aliphatic heterocycles. The molecular weight excluding hydrogens is 378 g/mol. The molecule has 0 spiro atoms. The SMILES string of the molecule is Cn1c(SCC(=O)Nc2cccc(S(N)(=O)=O)c2)nnc1-c1ccco1. The lowest BCUT2D eigenvalue weighted by Gasteiger charge is -2.06. The summed E-state index contributed by atoms with van der Waals surface area (Å²) in [5, 5.41) is 16.3. The van der Waals surface area contributed by atoms with Crippen LogP contribution in [-0.2, 0) is 21.9 Å². The summed E-state index contributed by atoms with van der Waals surface area (Å²) in [4.78, 5) is 12.0. The van der Waals surface area contributed by atoms with E-state index in [9.17, 15) is 13.2 Å². The minimum absolute atomic E-state index is 0.0701. The van der Waals surface area contributed by atoms with E-state index in [4.69, 9.17) is 9.56 Å². The molecule has 11 heteroatoms. The Kier molecular flexibility index (Phi) is 5.11. The molecule has 0 radical (unpaired) electrons. The van der Waals surface area contributed by atoms with Gasteiger partial charge in [-0.3, -0.25) is 4.79 Å². The van der Waals surface area contributed by atoms with Crippen LogP contribution in [0, 0.1) is 0 Å². The van der Waals surface area contributed by atoms with Gasteiger partial charge >= 0.3 is 0 Å². The summed E-state index contributed by atoms with van der Waals surface area (Å²) in [6.07, 6.45) is 1.54. The third-order valence-electron chi connectivity index (χ3n) is 3.36. The maximum atomic E-state index is 12.1. The number of furan rings is 1. The number of anilines is 1. The Morgan fingerprint density at radius 3 is 2.81 bits per heavy atom. The molecule has 0 fully saturated rings. The molecule has 1 amide bonds. The monoisotopic (exact) mass is 393 g/mol. The lowest BCUT2D eigenvalue weighted by molar-refractivity contribution is -0.113. The molecule has 26 heavy (non-hydrogen) atoms. The molecule has 2 heterocycles. The lowest BCUT2D eigenvalue weighted by atomic mass is 10.3. The zero-order chi connectivity index (χ0) is 18.7. The predicted octanol–water partition coefficient (Wildman–Crippen LogP) is 1.45. The van der Waals surface area contributed by atoms with Gasteiger partial charge < -0.3 is 14.3 Å². The lowest BCUT2D eigenvalue weighted by Crippen LogP contribution is -2.16. The van der Waals surface area contributed by atoms with Crippen molar-refractivity contribution >= 4 is 33.4 Å². The summed E-state index contributed by atoms with van der Waals surface area (Å²) in [5.41, 5.74) is 0.344. The second-order valence-electron chi connectivity index (χ2n) is 5.25. The summed E-state index contributed by atoms with van der Waals surface area (Å²) in [6.45, 7) is 0. The number of primary sulfonamides is 1. The van der Waals surface area contributed by atoms with Gasteiger partial charge in [0.1, 0.15) is 0 Å². The number of benzene rings is 1. The van der Waals surface area contributed by atoms with Gasteiger partial charge in [0.2, 0.25) is 15.9 Å². The van der Waals surface area contributed by atoms with Gasteiger partial charge in [-0.1, -0.05) is 17.8 Å². The van der Waals surface area contributed by atoms with Crippen LogP contribution in [0.25, 0.3) is 11.6 Å². The van der Waals surface area contributed by atoms with Crippen LogP contribution in [0.1, 0.15) is 0 Å². The fourth-order valence-corrected chi connectivity index (χ4v) is 3.41. The van der Waals surface area contributed by atoms with Crippen LogP contribution in [-0.4, -0.2) is 34.8 Å². The van der Waals surface area contributed by atoms with E-state index in [0.717, 1.165) is 0 Å². The van der Waals surface area contributed by atoms with Gasteiger partial charge in [-0.05, 0) is 30.3 Å². The number of carbonyl (C=O) groups is 1. The van der Waals surface area contributed by atoms with Crippen molar-refractivity contribution in [2.75, 3.05) is 11.1 Å². The van der Waals surface area contributed by atoms with Crippen LogP contribution in [0.2, 0.25) is 0 Å². The second-order valence-corrected chi connectivity index (χ2v) is 7.76. The van der Waals surface area contributed by atoms with E-state index in [1.54, 1.807) is 36.1 Å². The number of hydrogen-bond acceptors (Lipinski definition) is 7. The molecule has 3 rings (SSSR count). The molecule has 0 saturated carbocycles. The largest absolute Gasteiger partial charge is 0.461 e. The first kappa shape index (κ1) is 18.2. The fraction of sp³-hybridized carbons (Fsp3) is 0.133. The highest BCUT2D eigenvalue weighted by atomic mass is 32.2. The van der Waals surface area contributed by atoms with Gasteiger partial charge in [-0.15, -0.1) is 10.2 Å². The zero-order valence-corrected chi connectivity index (χ0v) is 15.3. The Balaban J connectivity index is 1.63. The van der Waals surface area contributed by atoms with E-state index in [1.807, 2.05) is 0 Å². The summed E-state index contributed by atoms with van der Waals surface area (Å²) in [6, 6.07) is 9.25. The molecule has 0 atom stereocenters. The topological polar surface area (TPSA) is 133 Å². The van der Waals surface area contributed by atoms with Crippen LogP contribution >= 0.6 is 11.8 Å². The quantitative estimate of drug-likeness (QED) is 0.606. The highest BCUT2D eigenvalue weighted by Crippen LogP contribution is 2.23. The van der Waals surface area contributed by atoms with Gasteiger partial charge in [0.05, 0.1) is 16.9 Å². The van der Waals surface area contributed by atoms with Gasteiger partial charge in [0.25, 0.3) is 0 Å². The van der Waals surface area contributed by atoms with E-state index in [1.165, 1.54) is 30.0 Å². The van der Waals surface area contributed by atoms with Crippen molar-refractivity contribution in [3.8, 4) is 11.6 Å². The average molecular weight is 393 g/mol. The molecule has 3 N–H and O–H groups in total. The first-order valence-corrected chi connectivity index (χ1v) is 9.86. The number of rotatable bonds is 6. The summed E-state index contributed by atoms with van der Waals surface area (Å²) >= 11 is 1.19. The Hall–Kier alpha value is -2.63. The van der Waals surface area contributed by atoms with Crippen molar-refractivity contribution < 1.29 is 17.6 Å². The molecule has 3 aromatic rings. The van der Waals surface area contributed by atoms with E-state index in [0.29, 0.717) is 22.4 Å². The molecular formula is C15H15N5O4S2. The predicted molar refractivity (Wildman–Crippen MR) is 95.9 cm³/mol. The minimum atomic E-state index is -3.83. The number of nitrogens with zero attached hydrogens (tertiary/aromatic N) is 3. The van der Waals surface area contributed by atoms with Crippen molar-refractivity contribution in [3.63, 3.8) is 0 Å². The summed E-state index contributed by atoms with van der Waals surface area (Å²) in [7, 11) is -2.06. The average Bonchev–Trinajstić information content (AvgIpc) is 3.22. The van der Waals surface area contributed by atoms with Crippen LogP contribution in [0.5, 0.6) is 0 Å². The molecule has 1 aromatic carbocycles. The zero-order valence-electron chi connectivity index (χ0n) is 13.6. The van der Waals surface area contributed by atoms with Crippen LogP contribution in [0.15, 0.2) is 57.1 Å². The van der Waals surface area contributed by atoms with E-state index in [2.05, 4.69) is 15.5 Å². The molecule has 0 saturated heterocycles. The first-order valence-electron chi connectivity index (χ1n) is 7.33. The van der Waals surface area contributed by atoms with Crippen molar-refractivity contribution in [2.45, 2.75) is 10.1 Å².